The molecule has 0 aromatic carbocycles. The average molecular weight is 206 g/mol. The van der Waals surface area contributed by atoms with Gasteiger partial charge in [0.15, 0.2) is 0 Å². The van der Waals surface area contributed by atoms with Crippen molar-refractivity contribution in [1.82, 2.24) is 5.32 Å². The number of alkyl halides is 2. The summed E-state index contributed by atoms with van der Waals surface area (Å²) in [7, 11) is 0. The molecule has 14 heavy (non-hydrogen) atoms. The van der Waals surface area contributed by atoms with E-state index in [4.69, 9.17) is 5.73 Å². The molecule has 1 aliphatic carbocycles. The SMILES string of the molecule is CC(F)(F)C(=O)NC1CCC(N)CC1. The highest BCUT2D eigenvalue weighted by Crippen LogP contribution is 2.19. The van der Waals surface area contributed by atoms with Crippen LogP contribution < -0.4 is 11.1 Å². The van der Waals surface area contributed by atoms with Gasteiger partial charge < -0.3 is 11.1 Å². The molecule has 0 aromatic rings. The molecular weight excluding hydrogens is 190 g/mol. The minimum Gasteiger partial charge on any atom is -0.348 e. The van der Waals surface area contributed by atoms with Gasteiger partial charge in [-0.25, -0.2) is 0 Å². The lowest BCUT2D eigenvalue weighted by Crippen LogP contribution is -2.46. The topological polar surface area (TPSA) is 55.1 Å². The number of rotatable bonds is 2. The van der Waals surface area contributed by atoms with Gasteiger partial charge in [0.1, 0.15) is 0 Å². The van der Waals surface area contributed by atoms with E-state index in [1.807, 2.05) is 0 Å². The smallest absolute Gasteiger partial charge is 0.321 e. The van der Waals surface area contributed by atoms with E-state index in [2.05, 4.69) is 5.32 Å². The first-order valence-electron chi connectivity index (χ1n) is 4.84. The van der Waals surface area contributed by atoms with E-state index in [1.54, 1.807) is 0 Å². The molecule has 1 fully saturated rings. The third-order valence-corrected chi connectivity index (χ3v) is 2.51. The molecule has 0 unspecified atom stereocenters. The van der Waals surface area contributed by atoms with E-state index in [1.165, 1.54) is 0 Å². The maximum Gasteiger partial charge on any atom is 0.321 e. The molecule has 0 saturated heterocycles. The molecule has 3 nitrogen and oxygen atoms in total. The van der Waals surface area contributed by atoms with Gasteiger partial charge in [0.2, 0.25) is 0 Å². The van der Waals surface area contributed by atoms with Gasteiger partial charge in [0.25, 0.3) is 5.91 Å². The quantitative estimate of drug-likeness (QED) is 0.709. The van der Waals surface area contributed by atoms with Gasteiger partial charge in [-0.3, -0.25) is 4.79 Å². The first-order valence-corrected chi connectivity index (χ1v) is 4.84. The van der Waals surface area contributed by atoms with E-state index in [9.17, 15) is 13.6 Å². The van der Waals surface area contributed by atoms with Crippen LogP contribution in [0.5, 0.6) is 0 Å². The summed E-state index contributed by atoms with van der Waals surface area (Å²) in [6.45, 7) is 0.608. The van der Waals surface area contributed by atoms with Crippen LogP contribution in [0, 0.1) is 0 Å². The average Bonchev–Trinajstić information content (AvgIpc) is 2.07. The monoisotopic (exact) mass is 206 g/mol. The standard InChI is InChI=1S/C9H16F2N2O/c1-9(10,11)8(14)13-7-4-2-6(12)3-5-7/h6-7H,2-5,12H2,1H3,(H,13,14). The number of amides is 1. The molecular formula is C9H16F2N2O. The van der Waals surface area contributed by atoms with Crippen LogP contribution in [-0.4, -0.2) is 23.9 Å². The first-order chi connectivity index (χ1) is 6.39. The highest BCUT2D eigenvalue weighted by atomic mass is 19.3. The molecule has 0 bridgehead atoms. The molecule has 82 valence electrons. The van der Waals surface area contributed by atoms with Crippen LogP contribution in [0.2, 0.25) is 0 Å². The zero-order chi connectivity index (χ0) is 10.8. The molecule has 0 aliphatic heterocycles. The van der Waals surface area contributed by atoms with Crippen molar-refractivity contribution >= 4 is 5.91 Å². The van der Waals surface area contributed by atoms with Crippen molar-refractivity contribution in [2.24, 2.45) is 5.73 Å². The van der Waals surface area contributed by atoms with Crippen LogP contribution >= 0.6 is 0 Å². The van der Waals surface area contributed by atoms with Crippen LogP contribution in [0.4, 0.5) is 8.78 Å². The number of halogens is 2. The Labute approximate surface area is 82.0 Å². The molecule has 1 rings (SSSR count). The summed E-state index contributed by atoms with van der Waals surface area (Å²) in [6, 6.07) is 0.0263. The lowest BCUT2D eigenvalue weighted by Gasteiger charge is -2.27. The molecule has 0 atom stereocenters. The number of carbonyl (C=O) groups excluding carboxylic acids is 1. The summed E-state index contributed by atoms with van der Waals surface area (Å²) >= 11 is 0. The third-order valence-electron chi connectivity index (χ3n) is 2.51. The van der Waals surface area contributed by atoms with Crippen molar-refractivity contribution in [3.8, 4) is 0 Å². The second kappa shape index (κ2) is 4.21. The number of hydrogen-bond donors (Lipinski definition) is 2. The van der Waals surface area contributed by atoms with E-state index in [0.717, 1.165) is 12.8 Å². The van der Waals surface area contributed by atoms with Gasteiger partial charge in [-0.15, -0.1) is 0 Å². The molecule has 3 N–H and O–H groups in total. The van der Waals surface area contributed by atoms with E-state index < -0.39 is 11.8 Å². The van der Waals surface area contributed by atoms with E-state index in [0.29, 0.717) is 19.8 Å². The van der Waals surface area contributed by atoms with Crippen molar-refractivity contribution in [3.05, 3.63) is 0 Å². The molecule has 0 radical (unpaired) electrons. The Morgan fingerprint density at radius 2 is 1.86 bits per heavy atom. The Kier molecular flexibility index (Phi) is 3.42. The van der Waals surface area contributed by atoms with Crippen LogP contribution in [-0.2, 0) is 4.79 Å². The lowest BCUT2D eigenvalue weighted by atomic mass is 9.92. The number of nitrogens with one attached hydrogen (secondary N) is 1. The van der Waals surface area contributed by atoms with Crippen molar-refractivity contribution in [2.45, 2.75) is 50.6 Å². The normalized spacial score (nSPS) is 28.6. The number of nitrogens with two attached hydrogens (primary N) is 1. The second-order valence-electron chi connectivity index (χ2n) is 3.97. The molecule has 0 aromatic heterocycles. The maximum absolute atomic E-state index is 12.5. The third kappa shape index (κ3) is 3.21. The predicted molar refractivity (Wildman–Crippen MR) is 49.0 cm³/mol. The Morgan fingerprint density at radius 1 is 1.36 bits per heavy atom. The summed E-state index contributed by atoms with van der Waals surface area (Å²) in [6.07, 6.45) is 2.98. The fourth-order valence-electron chi connectivity index (χ4n) is 1.58. The fraction of sp³-hybridized carbons (Fsp3) is 0.889. The molecule has 1 aliphatic rings. The van der Waals surface area contributed by atoms with Gasteiger partial charge >= 0.3 is 5.92 Å². The Morgan fingerprint density at radius 3 is 2.29 bits per heavy atom. The maximum atomic E-state index is 12.5. The Balaban J connectivity index is 2.35. The van der Waals surface area contributed by atoms with Crippen LogP contribution in [0.1, 0.15) is 32.6 Å². The molecule has 0 spiro atoms. The van der Waals surface area contributed by atoms with Gasteiger partial charge in [0, 0.05) is 19.0 Å². The highest BCUT2D eigenvalue weighted by Gasteiger charge is 2.34. The minimum atomic E-state index is -3.28. The van der Waals surface area contributed by atoms with Crippen molar-refractivity contribution in [1.29, 1.82) is 0 Å². The molecule has 5 heteroatoms. The van der Waals surface area contributed by atoms with Gasteiger partial charge in [-0.2, -0.15) is 8.78 Å². The molecule has 1 saturated carbocycles. The van der Waals surface area contributed by atoms with Crippen molar-refractivity contribution in [2.75, 3.05) is 0 Å². The van der Waals surface area contributed by atoms with Crippen LogP contribution in [0.25, 0.3) is 0 Å². The largest absolute Gasteiger partial charge is 0.348 e. The van der Waals surface area contributed by atoms with Gasteiger partial charge in [-0.1, -0.05) is 0 Å². The fourth-order valence-corrected chi connectivity index (χ4v) is 1.58. The Bertz CT molecular complexity index is 207. The van der Waals surface area contributed by atoms with E-state index in [-0.39, 0.29) is 12.1 Å². The Hall–Kier alpha value is -0.710. The van der Waals surface area contributed by atoms with Gasteiger partial charge in [0.05, 0.1) is 0 Å². The molecule has 1 amide bonds. The zero-order valence-electron chi connectivity index (χ0n) is 8.22. The molecule has 0 heterocycles. The highest BCUT2D eigenvalue weighted by molar-refractivity contribution is 5.83. The summed E-state index contributed by atoms with van der Waals surface area (Å²) in [5.74, 6) is -4.46. The lowest BCUT2D eigenvalue weighted by molar-refractivity contribution is -0.144. The second-order valence-corrected chi connectivity index (χ2v) is 3.97. The van der Waals surface area contributed by atoms with Crippen LogP contribution in [0.15, 0.2) is 0 Å². The van der Waals surface area contributed by atoms with Crippen molar-refractivity contribution in [3.63, 3.8) is 0 Å². The zero-order valence-corrected chi connectivity index (χ0v) is 8.22. The van der Waals surface area contributed by atoms with Crippen LogP contribution in [0.3, 0.4) is 0 Å². The minimum absolute atomic E-state index is 0.131. The first kappa shape index (κ1) is 11.4. The summed E-state index contributed by atoms with van der Waals surface area (Å²) in [5, 5.41) is 2.33. The van der Waals surface area contributed by atoms with E-state index >= 15 is 0 Å². The summed E-state index contributed by atoms with van der Waals surface area (Å²) in [4.78, 5) is 10.9. The number of hydrogen-bond acceptors (Lipinski definition) is 2. The van der Waals surface area contributed by atoms with Crippen molar-refractivity contribution < 1.29 is 13.6 Å². The van der Waals surface area contributed by atoms with Gasteiger partial charge in [-0.05, 0) is 25.7 Å². The predicted octanol–water partition coefficient (Wildman–Crippen LogP) is 1.03. The summed E-state index contributed by atoms with van der Waals surface area (Å²) < 4.78 is 25.0. The summed E-state index contributed by atoms with van der Waals surface area (Å²) in [5.41, 5.74) is 5.65. The number of carbonyl (C=O) groups is 1.